The van der Waals surface area contributed by atoms with Gasteiger partial charge in [0.2, 0.25) is 0 Å². The summed E-state index contributed by atoms with van der Waals surface area (Å²) >= 11 is 6.00. The second-order valence-corrected chi connectivity index (χ2v) is 5.53. The van der Waals surface area contributed by atoms with Crippen LogP contribution in [0.15, 0.2) is 42.5 Å². The van der Waals surface area contributed by atoms with Crippen LogP contribution in [0.5, 0.6) is 5.75 Å². The van der Waals surface area contributed by atoms with E-state index in [-0.39, 0.29) is 6.03 Å². The lowest BCUT2D eigenvalue weighted by molar-refractivity contribution is 0.247. The fraction of sp³-hybridized carbons (Fsp3) is 0.278. The summed E-state index contributed by atoms with van der Waals surface area (Å²) in [5.41, 5.74) is 3.04. The monoisotopic (exact) mass is 332 g/mol. The van der Waals surface area contributed by atoms with Gasteiger partial charge >= 0.3 is 6.03 Å². The number of nitrogens with one attached hydrogen (secondary N) is 2. The maximum absolute atomic E-state index is 12.0. The zero-order valence-corrected chi connectivity index (χ0v) is 14.1. The number of carbonyl (C=O) groups excluding carboxylic acids is 1. The standard InChI is InChI=1S/C18H21ClN2O2/c1-3-14-8-6-7-13(2)17(14)21-18(22)20-11-12-23-16-10-5-4-9-15(16)19/h4-10H,3,11-12H2,1-2H3,(H2,20,21,22). The van der Waals surface area contributed by atoms with E-state index >= 15 is 0 Å². The molecule has 0 aliphatic rings. The van der Waals surface area contributed by atoms with Gasteiger partial charge in [-0.2, -0.15) is 0 Å². The Bertz CT molecular complexity index is 674. The molecule has 0 spiro atoms. The molecule has 23 heavy (non-hydrogen) atoms. The Balaban J connectivity index is 1.81. The van der Waals surface area contributed by atoms with Crippen LogP contribution in [0.4, 0.5) is 10.5 Å². The van der Waals surface area contributed by atoms with E-state index in [2.05, 4.69) is 17.6 Å². The van der Waals surface area contributed by atoms with Crippen molar-refractivity contribution in [3.05, 3.63) is 58.6 Å². The summed E-state index contributed by atoms with van der Waals surface area (Å²) in [6, 6.07) is 13.0. The summed E-state index contributed by atoms with van der Waals surface area (Å²) in [6.07, 6.45) is 0.868. The Morgan fingerprint density at radius 1 is 1.17 bits per heavy atom. The van der Waals surface area contributed by atoms with Crippen LogP contribution < -0.4 is 15.4 Å². The largest absolute Gasteiger partial charge is 0.490 e. The van der Waals surface area contributed by atoms with Crippen LogP contribution in [0, 0.1) is 6.92 Å². The zero-order valence-electron chi connectivity index (χ0n) is 13.4. The molecule has 0 fully saturated rings. The maximum Gasteiger partial charge on any atom is 0.319 e. The maximum atomic E-state index is 12.0. The van der Waals surface area contributed by atoms with Gasteiger partial charge in [0.05, 0.1) is 11.6 Å². The first-order chi connectivity index (χ1) is 11.1. The van der Waals surface area contributed by atoms with E-state index in [0.717, 1.165) is 23.2 Å². The lowest BCUT2D eigenvalue weighted by Crippen LogP contribution is -2.32. The van der Waals surface area contributed by atoms with Crippen LogP contribution in [0.25, 0.3) is 0 Å². The van der Waals surface area contributed by atoms with Crippen molar-refractivity contribution in [2.45, 2.75) is 20.3 Å². The predicted octanol–water partition coefficient (Wildman–Crippen LogP) is 4.41. The summed E-state index contributed by atoms with van der Waals surface area (Å²) in [7, 11) is 0. The first kappa shape index (κ1) is 17.2. The Hall–Kier alpha value is -2.20. The molecule has 2 aromatic carbocycles. The highest BCUT2D eigenvalue weighted by Gasteiger charge is 2.08. The van der Waals surface area contributed by atoms with Gasteiger partial charge < -0.3 is 15.4 Å². The molecular weight excluding hydrogens is 312 g/mol. The van der Waals surface area contributed by atoms with Crippen LogP contribution in [0.2, 0.25) is 5.02 Å². The van der Waals surface area contributed by atoms with E-state index in [0.29, 0.717) is 23.9 Å². The van der Waals surface area contributed by atoms with E-state index < -0.39 is 0 Å². The number of aryl methyl sites for hydroxylation is 2. The summed E-state index contributed by atoms with van der Waals surface area (Å²) in [5, 5.41) is 6.25. The Labute approximate surface area is 141 Å². The van der Waals surface area contributed by atoms with Gasteiger partial charge in [-0.25, -0.2) is 4.79 Å². The normalized spacial score (nSPS) is 10.2. The van der Waals surface area contributed by atoms with Crippen molar-refractivity contribution in [3.63, 3.8) is 0 Å². The van der Waals surface area contributed by atoms with Gasteiger partial charge in [-0.1, -0.05) is 48.9 Å². The van der Waals surface area contributed by atoms with Crippen LogP contribution in [-0.4, -0.2) is 19.2 Å². The molecule has 4 nitrogen and oxygen atoms in total. The predicted molar refractivity (Wildman–Crippen MR) is 94.5 cm³/mol. The zero-order chi connectivity index (χ0) is 16.7. The molecule has 2 aromatic rings. The molecule has 2 amide bonds. The van der Waals surface area contributed by atoms with Crippen LogP contribution in [-0.2, 0) is 6.42 Å². The van der Waals surface area contributed by atoms with E-state index in [4.69, 9.17) is 16.3 Å². The molecule has 0 unspecified atom stereocenters. The van der Waals surface area contributed by atoms with Gasteiger partial charge in [-0.3, -0.25) is 0 Å². The fourth-order valence-corrected chi connectivity index (χ4v) is 2.44. The molecule has 0 aliphatic heterocycles. The number of ether oxygens (including phenoxy) is 1. The van der Waals surface area contributed by atoms with E-state index in [1.165, 1.54) is 0 Å². The second kappa shape index (κ2) is 8.44. The van der Waals surface area contributed by atoms with Gasteiger partial charge in [-0.15, -0.1) is 0 Å². The highest BCUT2D eigenvalue weighted by Crippen LogP contribution is 2.23. The lowest BCUT2D eigenvalue weighted by atomic mass is 10.1. The van der Waals surface area contributed by atoms with Crippen LogP contribution in [0.1, 0.15) is 18.1 Å². The first-order valence-corrected chi connectivity index (χ1v) is 8.00. The molecule has 2 rings (SSSR count). The highest BCUT2D eigenvalue weighted by molar-refractivity contribution is 6.32. The Kier molecular flexibility index (Phi) is 6.29. The molecule has 0 atom stereocenters. The summed E-state index contributed by atoms with van der Waals surface area (Å²) < 4.78 is 5.53. The molecule has 122 valence electrons. The minimum Gasteiger partial charge on any atom is -0.490 e. The Morgan fingerprint density at radius 2 is 1.96 bits per heavy atom. The highest BCUT2D eigenvalue weighted by atomic mass is 35.5. The third-order valence-corrected chi connectivity index (χ3v) is 3.77. The average molecular weight is 333 g/mol. The van der Waals surface area contributed by atoms with E-state index in [1.54, 1.807) is 12.1 Å². The third kappa shape index (κ3) is 4.89. The second-order valence-electron chi connectivity index (χ2n) is 5.12. The van der Waals surface area contributed by atoms with Gasteiger partial charge in [0, 0.05) is 5.69 Å². The third-order valence-electron chi connectivity index (χ3n) is 3.46. The molecule has 0 aromatic heterocycles. The van der Waals surface area contributed by atoms with Gasteiger partial charge in [-0.05, 0) is 36.6 Å². The molecule has 5 heteroatoms. The van der Waals surface area contributed by atoms with Crippen molar-refractivity contribution in [2.75, 3.05) is 18.5 Å². The first-order valence-electron chi connectivity index (χ1n) is 7.62. The van der Waals surface area contributed by atoms with Gasteiger partial charge in [0.15, 0.2) is 0 Å². The lowest BCUT2D eigenvalue weighted by Gasteiger charge is -2.14. The van der Waals surface area contributed by atoms with E-state index in [1.807, 2.05) is 37.3 Å². The van der Waals surface area contributed by atoms with Gasteiger partial charge in [0.25, 0.3) is 0 Å². The number of urea groups is 1. The number of para-hydroxylation sites is 2. The van der Waals surface area contributed by atoms with Crippen molar-refractivity contribution in [2.24, 2.45) is 0 Å². The minimum absolute atomic E-state index is 0.239. The summed E-state index contributed by atoms with van der Waals surface area (Å²) in [6.45, 7) is 4.79. The molecule has 0 saturated carbocycles. The molecule has 0 radical (unpaired) electrons. The van der Waals surface area contributed by atoms with Crippen molar-refractivity contribution in [3.8, 4) is 5.75 Å². The quantitative estimate of drug-likeness (QED) is 0.770. The van der Waals surface area contributed by atoms with Gasteiger partial charge in [0.1, 0.15) is 12.4 Å². The molecule has 0 aliphatic carbocycles. The number of anilines is 1. The SMILES string of the molecule is CCc1cccc(C)c1NC(=O)NCCOc1ccccc1Cl. The van der Waals surface area contributed by atoms with Crippen LogP contribution >= 0.6 is 11.6 Å². The number of amides is 2. The van der Waals surface area contributed by atoms with Crippen molar-refractivity contribution < 1.29 is 9.53 Å². The fourth-order valence-electron chi connectivity index (χ4n) is 2.25. The average Bonchev–Trinajstić information content (AvgIpc) is 2.55. The number of benzene rings is 2. The van der Waals surface area contributed by atoms with E-state index in [9.17, 15) is 4.79 Å². The topological polar surface area (TPSA) is 50.4 Å². The molecule has 2 N–H and O–H groups in total. The van der Waals surface area contributed by atoms with Crippen molar-refractivity contribution >= 4 is 23.3 Å². The number of rotatable bonds is 6. The number of hydrogen-bond acceptors (Lipinski definition) is 2. The molecule has 0 heterocycles. The number of halogens is 1. The number of hydrogen-bond donors (Lipinski definition) is 2. The minimum atomic E-state index is -0.239. The van der Waals surface area contributed by atoms with Crippen molar-refractivity contribution in [1.29, 1.82) is 0 Å². The Morgan fingerprint density at radius 3 is 2.70 bits per heavy atom. The molecular formula is C18H21ClN2O2. The molecule has 0 bridgehead atoms. The molecule has 0 saturated heterocycles. The smallest absolute Gasteiger partial charge is 0.319 e. The number of carbonyl (C=O) groups is 1. The summed E-state index contributed by atoms with van der Waals surface area (Å²) in [5.74, 6) is 0.614. The van der Waals surface area contributed by atoms with Crippen LogP contribution in [0.3, 0.4) is 0 Å². The summed E-state index contributed by atoms with van der Waals surface area (Å²) in [4.78, 5) is 12.0. The van der Waals surface area contributed by atoms with Crippen molar-refractivity contribution in [1.82, 2.24) is 5.32 Å².